The molecule has 9 nitrogen and oxygen atoms in total. The third-order valence-corrected chi connectivity index (χ3v) is 5.86. The number of hydroxylamine groups is 1. The van der Waals surface area contributed by atoms with Crippen molar-refractivity contribution in [3.05, 3.63) is 95.1 Å². The van der Waals surface area contributed by atoms with Gasteiger partial charge in [-0.2, -0.15) is 0 Å². The number of rotatable bonds is 9. The van der Waals surface area contributed by atoms with Crippen LogP contribution in [-0.4, -0.2) is 58.2 Å². The summed E-state index contributed by atoms with van der Waals surface area (Å²) in [6, 6.07) is 21.2. The Balaban J connectivity index is 1.51. The number of aliphatic hydroxyl groups is 2. The second-order valence-corrected chi connectivity index (χ2v) is 8.09. The van der Waals surface area contributed by atoms with E-state index < -0.39 is 12.3 Å². The summed E-state index contributed by atoms with van der Waals surface area (Å²) >= 11 is 0. The van der Waals surface area contributed by atoms with Crippen molar-refractivity contribution in [1.82, 2.24) is 10.4 Å². The number of nitrogens with zero attached hydrogens (tertiary/aromatic N) is 2. The van der Waals surface area contributed by atoms with Crippen LogP contribution in [0.1, 0.15) is 31.8 Å². The standard InChI is InChI=1S/C26H27N3O6/c30-15-16-35-21-11-7-18(8-12-21)13-14-28-25(32)22-3-1-2-4-23(22)29(26(28)33)17-19-5-9-20(10-6-19)24(31)27-34/h1-12,26,30,33-34H,13-17H2,(H,27,31). The Morgan fingerprint density at radius 2 is 1.63 bits per heavy atom. The zero-order chi connectivity index (χ0) is 24.8. The normalized spacial score (nSPS) is 15.1. The first kappa shape index (κ1) is 24.2. The van der Waals surface area contributed by atoms with Gasteiger partial charge in [0, 0.05) is 18.7 Å². The highest BCUT2D eigenvalue weighted by atomic mass is 16.5. The molecule has 2 amide bonds. The third-order valence-electron chi connectivity index (χ3n) is 5.86. The van der Waals surface area contributed by atoms with Crippen LogP contribution in [0.4, 0.5) is 5.69 Å². The number of aliphatic hydroxyl groups excluding tert-OH is 2. The molecule has 4 N–H and O–H groups in total. The molecular formula is C26H27N3O6. The maximum atomic E-state index is 13.2. The molecule has 3 aromatic rings. The highest BCUT2D eigenvalue weighted by Gasteiger charge is 2.36. The number of anilines is 1. The van der Waals surface area contributed by atoms with Gasteiger partial charge < -0.3 is 19.8 Å². The Hall–Kier alpha value is -3.92. The zero-order valence-electron chi connectivity index (χ0n) is 19.0. The highest BCUT2D eigenvalue weighted by Crippen LogP contribution is 2.31. The Morgan fingerprint density at radius 1 is 0.943 bits per heavy atom. The molecule has 35 heavy (non-hydrogen) atoms. The van der Waals surface area contributed by atoms with Crippen molar-refractivity contribution in [3.8, 4) is 5.75 Å². The molecular weight excluding hydrogens is 450 g/mol. The number of nitrogens with one attached hydrogen (secondary N) is 1. The summed E-state index contributed by atoms with van der Waals surface area (Å²) in [5.41, 5.74) is 4.83. The fourth-order valence-electron chi connectivity index (χ4n) is 4.03. The largest absolute Gasteiger partial charge is 0.491 e. The fraction of sp³-hybridized carbons (Fsp3) is 0.231. The predicted octanol–water partition coefficient (Wildman–Crippen LogP) is 2.16. The lowest BCUT2D eigenvalue weighted by molar-refractivity contribution is 0.00120. The lowest BCUT2D eigenvalue weighted by Gasteiger charge is -2.42. The molecule has 4 rings (SSSR count). The molecule has 0 fully saturated rings. The summed E-state index contributed by atoms with van der Waals surface area (Å²) in [5, 5.41) is 28.9. The molecule has 3 aromatic carbocycles. The average Bonchev–Trinajstić information content (AvgIpc) is 2.90. The SMILES string of the molecule is O=C(NO)c1ccc(CN2c3ccccc3C(=O)N(CCc3ccc(OCCO)cc3)C2O)cc1. The number of carbonyl (C=O) groups excluding carboxylic acids is 2. The van der Waals surface area contributed by atoms with Gasteiger partial charge >= 0.3 is 0 Å². The molecule has 0 aromatic heterocycles. The minimum atomic E-state index is -1.18. The van der Waals surface area contributed by atoms with Crippen LogP contribution in [0.3, 0.4) is 0 Å². The monoisotopic (exact) mass is 477 g/mol. The summed E-state index contributed by atoms with van der Waals surface area (Å²) in [6.45, 7) is 0.772. The smallest absolute Gasteiger partial charge is 0.274 e. The van der Waals surface area contributed by atoms with Crippen LogP contribution < -0.4 is 15.1 Å². The maximum absolute atomic E-state index is 13.2. The topological polar surface area (TPSA) is 123 Å². The third kappa shape index (κ3) is 5.43. The van der Waals surface area contributed by atoms with E-state index in [2.05, 4.69) is 0 Å². The summed E-state index contributed by atoms with van der Waals surface area (Å²) in [4.78, 5) is 28.0. The van der Waals surface area contributed by atoms with Crippen molar-refractivity contribution in [3.63, 3.8) is 0 Å². The lowest BCUT2D eigenvalue weighted by Crippen LogP contribution is -2.55. The van der Waals surface area contributed by atoms with Crippen LogP contribution in [0.15, 0.2) is 72.8 Å². The van der Waals surface area contributed by atoms with E-state index in [1.54, 1.807) is 52.8 Å². The molecule has 0 spiro atoms. The van der Waals surface area contributed by atoms with Crippen LogP contribution >= 0.6 is 0 Å². The van der Waals surface area contributed by atoms with Crippen molar-refractivity contribution >= 4 is 17.5 Å². The quantitative estimate of drug-likeness (QED) is 0.275. The molecule has 1 atom stereocenters. The van der Waals surface area contributed by atoms with Crippen molar-refractivity contribution < 1.29 is 29.7 Å². The molecule has 182 valence electrons. The van der Waals surface area contributed by atoms with Crippen LogP contribution in [-0.2, 0) is 13.0 Å². The molecule has 0 saturated heterocycles. The highest BCUT2D eigenvalue weighted by molar-refractivity contribution is 6.01. The number of hydrogen-bond acceptors (Lipinski definition) is 7. The summed E-state index contributed by atoms with van der Waals surface area (Å²) in [7, 11) is 0. The first-order valence-electron chi connectivity index (χ1n) is 11.2. The number of para-hydroxylation sites is 1. The number of benzene rings is 3. The average molecular weight is 478 g/mol. The molecule has 1 heterocycles. The number of carbonyl (C=O) groups is 2. The van der Waals surface area contributed by atoms with E-state index in [4.69, 9.17) is 15.1 Å². The Bertz CT molecular complexity index is 1170. The first-order chi connectivity index (χ1) is 17.0. The van der Waals surface area contributed by atoms with E-state index >= 15 is 0 Å². The Kier molecular flexibility index (Phi) is 7.61. The van der Waals surface area contributed by atoms with Gasteiger partial charge in [0.05, 0.1) is 17.9 Å². The van der Waals surface area contributed by atoms with Gasteiger partial charge in [-0.3, -0.25) is 19.7 Å². The lowest BCUT2D eigenvalue weighted by atomic mass is 10.0. The van der Waals surface area contributed by atoms with E-state index in [0.29, 0.717) is 42.1 Å². The molecule has 0 bridgehead atoms. The minimum absolute atomic E-state index is 0.0587. The molecule has 0 radical (unpaired) electrons. The van der Waals surface area contributed by atoms with Gasteiger partial charge in [-0.05, 0) is 53.9 Å². The van der Waals surface area contributed by atoms with Gasteiger partial charge in [-0.25, -0.2) is 5.48 Å². The van der Waals surface area contributed by atoms with Crippen molar-refractivity contribution in [2.24, 2.45) is 0 Å². The molecule has 1 unspecified atom stereocenters. The number of ether oxygens (including phenoxy) is 1. The molecule has 1 aliphatic heterocycles. The Morgan fingerprint density at radius 3 is 2.31 bits per heavy atom. The van der Waals surface area contributed by atoms with Crippen molar-refractivity contribution in [2.45, 2.75) is 19.3 Å². The minimum Gasteiger partial charge on any atom is -0.491 e. The molecule has 9 heteroatoms. The van der Waals surface area contributed by atoms with E-state index in [9.17, 15) is 14.7 Å². The second kappa shape index (κ2) is 11.0. The molecule has 0 saturated carbocycles. The summed E-state index contributed by atoms with van der Waals surface area (Å²) < 4.78 is 5.38. The van der Waals surface area contributed by atoms with E-state index in [-0.39, 0.29) is 19.1 Å². The predicted molar refractivity (Wildman–Crippen MR) is 128 cm³/mol. The van der Waals surface area contributed by atoms with E-state index in [1.807, 2.05) is 30.3 Å². The van der Waals surface area contributed by atoms with Gasteiger partial charge in [-0.1, -0.05) is 36.4 Å². The van der Waals surface area contributed by atoms with Gasteiger partial charge in [0.25, 0.3) is 11.8 Å². The molecule has 0 aliphatic carbocycles. The number of hydrogen-bond donors (Lipinski definition) is 4. The van der Waals surface area contributed by atoms with Crippen LogP contribution in [0.5, 0.6) is 5.75 Å². The van der Waals surface area contributed by atoms with Gasteiger partial charge in [0.15, 0.2) is 0 Å². The van der Waals surface area contributed by atoms with Gasteiger partial charge in [-0.15, -0.1) is 0 Å². The summed E-state index contributed by atoms with van der Waals surface area (Å²) in [5.74, 6) is -0.202. The van der Waals surface area contributed by atoms with Crippen LogP contribution in [0.2, 0.25) is 0 Å². The first-order valence-corrected chi connectivity index (χ1v) is 11.2. The fourth-order valence-corrected chi connectivity index (χ4v) is 4.03. The molecule has 1 aliphatic rings. The van der Waals surface area contributed by atoms with Crippen LogP contribution in [0, 0.1) is 0 Å². The second-order valence-electron chi connectivity index (χ2n) is 8.09. The zero-order valence-corrected chi connectivity index (χ0v) is 19.0. The van der Waals surface area contributed by atoms with Gasteiger partial charge in [0.1, 0.15) is 12.4 Å². The Labute approximate surface area is 202 Å². The van der Waals surface area contributed by atoms with Crippen molar-refractivity contribution in [1.29, 1.82) is 0 Å². The van der Waals surface area contributed by atoms with Crippen molar-refractivity contribution in [2.75, 3.05) is 24.7 Å². The maximum Gasteiger partial charge on any atom is 0.274 e. The van der Waals surface area contributed by atoms with E-state index in [1.165, 1.54) is 4.90 Å². The number of fused-ring (bicyclic) bond motifs is 1. The van der Waals surface area contributed by atoms with Gasteiger partial charge in [0.2, 0.25) is 6.35 Å². The summed E-state index contributed by atoms with van der Waals surface area (Å²) in [6.07, 6.45) is -0.644. The van der Waals surface area contributed by atoms with E-state index in [0.717, 1.165) is 11.1 Å². The number of amides is 2. The van der Waals surface area contributed by atoms with Crippen LogP contribution in [0.25, 0.3) is 0 Å².